The summed E-state index contributed by atoms with van der Waals surface area (Å²) in [5.74, 6) is 5.50. The minimum absolute atomic E-state index is 0.398. The zero-order valence-corrected chi connectivity index (χ0v) is 10.8. The third-order valence-electron chi connectivity index (χ3n) is 6.23. The van der Waals surface area contributed by atoms with E-state index in [9.17, 15) is 4.79 Å². The van der Waals surface area contributed by atoms with E-state index in [1.54, 1.807) is 0 Å². The second-order valence-corrected chi connectivity index (χ2v) is 7.16. The van der Waals surface area contributed by atoms with Crippen molar-refractivity contribution in [1.82, 2.24) is 4.90 Å². The first-order valence-electron chi connectivity index (χ1n) is 7.47. The summed E-state index contributed by atoms with van der Waals surface area (Å²) in [7, 11) is 1.98. The van der Waals surface area contributed by atoms with Gasteiger partial charge in [-0.05, 0) is 68.1 Å². The summed E-state index contributed by atoms with van der Waals surface area (Å²) >= 11 is 0. The lowest BCUT2D eigenvalue weighted by molar-refractivity contribution is -0.137. The minimum atomic E-state index is 0.398. The van der Waals surface area contributed by atoms with Crippen molar-refractivity contribution >= 4 is 5.91 Å². The smallest absolute Gasteiger partial charge is 0.225 e. The highest BCUT2D eigenvalue weighted by Crippen LogP contribution is 2.59. The Labute approximate surface area is 104 Å². The van der Waals surface area contributed by atoms with Crippen LogP contribution in [0.5, 0.6) is 0 Å². The summed E-state index contributed by atoms with van der Waals surface area (Å²) in [6.45, 7) is 1.01. The Morgan fingerprint density at radius 3 is 2.06 bits per heavy atom. The van der Waals surface area contributed by atoms with Gasteiger partial charge in [-0.25, -0.2) is 0 Å². The minimum Gasteiger partial charge on any atom is -0.345 e. The molecule has 2 nitrogen and oxygen atoms in total. The molecule has 0 spiro atoms. The topological polar surface area (TPSA) is 20.3 Å². The van der Waals surface area contributed by atoms with Crippen molar-refractivity contribution in [2.45, 2.75) is 38.5 Å². The van der Waals surface area contributed by atoms with Crippen LogP contribution in [0.15, 0.2) is 0 Å². The summed E-state index contributed by atoms with van der Waals surface area (Å²) in [4.78, 5) is 14.2. The molecule has 1 aliphatic heterocycles. The maximum absolute atomic E-state index is 12.3. The lowest BCUT2D eigenvalue weighted by Gasteiger charge is -2.55. The molecule has 94 valence electrons. The molecular weight excluding hydrogens is 210 g/mol. The Kier molecular flexibility index (Phi) is 2.13. The molecule has 1 unspecified atom stereocenters. The maximum atomic E-state index is 12.3. The zero-order valence-electron chi connectivity index (χ0n) is 10.8. The first kappa shape index (κ1) is 10.4. The summed E-state index contributed by atoms with van der Waals surface area (Å²) < 4.78 is 0. The van der Waals surface area contributed by atoms with E-state index in [1.165, 1.54) is 32.1 Å². The van der Waals surface area contributed by atoms with Crippen molar-refractivity contribution in [2.75, 3.05) is 13.6 Å². The van der Waals surface area contributed by atoms with Gasteiger partial charge in [0.1, 0.15) is 0 Å². The number of nitrogens with zero attached hydrogens (tertiary/aromatic N) is 1. The van der Waals surface area contributed by atoms with E-state index in [0.717, 1.165) is 42.6 Å². The maximum Gasteiger partial charge on any atom is 0.225 e. The van der Waals surface area contributed by atoms with Gasteiger partial charge in [-0.2, -0.15) is 0 Å². The van der Waals surface area contributed by atoms with Crippen LogP contribution >= 0.6 is 0 Å². The normalized spacial score (nSPS) is 52.5. The number of carbonyl (C=O) groups excluding carboxylic acids is 1. The van der Waals surface area contributed by atoms with E-state index in [0.29, 0.717) is 11.8 Å². The van der Waals surface area contributed by atoms with Gasteiger partial charge in [0.2, 0.25) is 5.91 Å². The number of hydrogen-bond acceptors (Lipinski definition) is 1. The summed E-state index contributed by atoms with van der Waals surface area (Å²) in [5.41, 5.74) is 0. The third kappa shape index (κ3) is 1.42. The molecule has 1 atom stereocenters. The predicted molar refractivity (Wildman–Crippen MR) is 66.3 cm³/mol. The van der Waals surface area contributed by atoms with E-state index < -0.39 is 0 Å². The molecule has 4 bridgehead atoms. The lowest BCUT2D eigenvalue weighted by atomic mass is 9.49. The number of rotatable bonds is 1. The van der Waals surface area contributed by atoms with Crippen LogP contribution in [-0.4, -0.2) is 24.4 Å². The van der Waals surface area contributed by atoms with Crippen LogP contribution in [0.2, 0.25) is 0 Å². The van der Waals surface area contributed by atoms with E-state index in [4.69, 9.17) is 0 Å². The molecule has 2 heteroatoms. The molecule has 5 rings (SSSR count). The molecule has 0 aromatic carbocycles. The van der Waals surface area contributed by atoms with Crippen molar-refractivity contribution in [3.8, 4) is 0 Å². The molecule has 0 radical (unpaired) electrons. The van der Waals surface area contributed by atoms with Crippen LogP contribution in [0.3, 0.4) is 0 Å². The third-order valence-corrected chi connectivity index (χ3v) is 6.23. The molecule has 1 heterocycles. The summed E-state index contributed by atoms with van der Waals surface area (Å²) in [5, 5.41) is 0. The summed E-state index contributed by atoms with van der Waals surface area (Å²) in [6, 6.07) is 0. The first-order chi connectivity index (χ1) is 8.22. The Morgan fingerprint density at radius 2 is 1.59 bits per heavy atom. The molecule has 0 N–H and O–H groups in total. The fourth-order valence-electron chi connectivity index (χ4n) is 5.83. The van der Waals surface area contributed by atoms with Crippen LogP contribution in [-0.2, 0) is 4.79 Å². The summed E-state index contributed by atoms with van der Waals surface area (Å²) in [6.07, 6.45) is 8.45. The number of likely N-dealkylation sites (tertiary alicyclic amines) is 1. The van der Waals surface area contributed by atoms with Gasteiger partial charge >= 0.3 is 0 Å². The van der Waals surface area contributed by atoms with Gasteiger partial charge in [0, 0.05) is 19.5 Å². The molecule has 5 fully saturated rings. The molecule has 1 amide bonds. The van der Waals surface area contributed by atoms with Crippen molar-refractivity contribution in [1.29, 1.82) is 0 Å². The predicted octanol–water partition coefficient (Wildman–Crippen LogP) is 2.54. The van der Waals surface area contributed by atoms with E-state index in [-0.39, 0.29) is 0 Å². The zero-order chi connectivity index (χ0) is 11.6. The second kappa shape index (κ2) is 3.49. The van der Waals surface area contributed by atoms with Gasteiger partial charge in [0.15, 0.2) is 0 Å². The van der Waals surface area contributed by atoms with Gasteiger partial charge in [-0.15, -0.1) is 0 Å². The van der Waals surface area contributed by atoms with Crippen molar-refractivity contribution in [3.63, 3.8) is 0 Å². The number of carbonyl (C=O) groups is 1. The van der Waals surface area contributed by atoms with E-state index in [2.05, 4.69) is 0 Å². The van der Waals surface area contributed by atoms with Gasteiger partial charge < -0.3 is 4.90 Å². The van der Waals surface area contributed by atoms with Crippen LogP contribution in [0.4, 0.5) is 0 Å². The molecule has 1 saturated heterocycles. The average molecular weight is 233 g/mol. The highest BCUT2D eigenvalue weighted by Gasteiger charge is 2.52. The monoisotopic (exact) mass is 233 g/mol. The standard InChI is InChI=1S/C15H23NO/c1-16-3-2-13(15(16)17)14-11-5-9-4-10(7-11)8-12(14)6-9/h9-14H,2-8H2,1H3. The van der Waals surface area contributed by atoms with E-state index >= 15 is 0 Å². The Morgan fingerprint density at radius 1 is 1.00 bits per heavy atom. The molecule has 5 aliphatic rings. The van der Waals surface area contributed by atoms with Crippen LogP contribution in [0.25, 0.3) is 0 Å². The fourth-order valence-corrected chi connectivity index (χ4v) is 5.83. The SMILES string of the molecule is CN1CCC(C2C3CC4CC(C3)CC2C4)C1=O. The Bertz CT molecular complexity index is 323. The molecular formula is C15H23NO. The number of hydrogen-bond donors (Lipinski definition) is 0. The number of amides is 1. The molecule has 4 aliphatic carbocycles. The van der Waals surface area contributed by atoms with Crippen LogP contribution < -0.4 is 0 Å². The van der Waals surface area contributed by atoms with Crippen LogP contribution in [0.1, 0.15) is 38.5 Å². The highest BCUT2D eigenvalue weighted by atomic mass is 16.2. The molecule has 17 heavy (non-hydrogen) atoms. The lowest BCUT2D eigenvalue weighted by Crippen LogP contribution is -2.49. The van der Waals surface area contributed by atoms with Gasteiger partial charge in [-0.3, -0.25) is 4.79 Å². The second-order valence-electron chi connectivity index (χ2n) is 7.16. The fraction of sp³-hybridized carbons (Fsp3) is 0.933. The van der Waals surface area contributed by atoms with Crippen molar-refractivity contribution in [2.24, 2.45) is 35.5 Å². The van der Waals surface area contributed by atoms with Crippen molar-refractivity contribution in [3.05, 3.63) is 0 Å². The van der Waals surface area contributed by atoms with Gasteiger partial charge in [0.25, 0.3) is 0 Å². The van der Waals surface area contributed by atoms with Gasteiger partial charge in [-0.1, -0.05) is 0 Å². The molecule has 0 aromatic rings. The Balaban J connectivity index is 1.60. The van der Waals surface area contributed by atoms with Crippen LogP contribution in [0, 0.1) is 35.5 Å². The van der Waals surface area contributed by atoms with Crippen molar-refractivity contribution < 1.29 is 4.79 Å². The first-order valence-corrected chi connectivity index (χ1v) is 7.47. The largest absolute Gasteiger partial charge is 0.345 e. The molecule has 0 aromatic heterocycles. The Hall–Kier alpha value is -0.530. The highest BCUT2D eigenvalue weighted by molar-refractivity contribution is 5.81. The quantitative estimate of drug-likeness (QED) is 0.681. The average Bonchev–Trinajstić information content (AvgIpc) is 2.60. The van der Waals surface area contributed by atoms with Gasteiger partial charge in [0.05, 0.1) is 0 Å². The molecule has 4 saturated carbocycles. The van der Waals surface area contributed by atoms with E-state index in [1.807, 2.05) is 11.9 Å².